The van der Waals surface area contributed by atoms with Crippen molar-refractivity contribution in [3.63, 3.8) is 0 Å². The highest BCUT2D eigenvalue weighted by Gasteiger charge is 2.45. The van der Waals surface area contributed by atoms with Crippen LogP contribution in [0.3, 0.4) is 0 Å². The molecule has 0 heterocycles. The van der Waals surface area contributed by atoms with Crippen molar-refractivity contribution in [1.82, 2.24) is 0 Å². The summed E-state index contributed by atoms with van der Waals surface area (Å²) >= 11 is 0. The van der Waals surface area contributed by atoms with Gasteiger partial charge in [0.2, 0.25) is 0 Å². The first-order valence-electron chi connectivity index (χ1n) is 6.05. The largest absolute Gasteiger partial charge is 0.0619 e. The van der Waals surface area contributed by atoms with Crippen molar-refractivity contribution in [1.29, 1.82) is 0 Å². The van der Waals surface area contributed by atoms with Gasteiger partial charge >= 0.3 is 0 Å². The zero-order chi connectivity index (χ0) is 10.7. The zero-order valence-corrected chi connectivity index (χ0v) is 9.40. The molecule has 0 spiro atoms. The van der Waals surface area contributed by atoms with Gasteiger partial charge in [-0.1, -0.05) is 42.5 Å². The van der Waals surface area contributed by atoms with Crippen molar-refractivity contribution in [2.45, 2.75) is 25.2 Å². The van der Waals surface area contributed by atoms with Crippen LogP contribution < -0.4 is 0 Å². The molecule has 0 radical (unpaired) electrons. The summed E-state index contributed by atoms with van der Waals surface area (Å²) in [6, 6.07) is 15.7. The van der Waals surface area contributed by atoms with Crippen LogP contribution in [0, 0.1) is 6.92 Å². The summed E-state index contributed by atoms with van der Waals surface area (Å²) in [5, 5.41) is 0. The first-order chi connectivity index (χ1) is 7.86. The highest BCUT2D eigenvalue weighted by Crippen LogP contribution is 2.62. The van der Waals surface area contributed by atoms with Crippen molar-refractivity contribution < 1.29 is 0 Å². The highest BCUT2D eigenvalue weighted by atomic mass is 14.5. The van der Waals surface area contributed by atoms with Gasteiger partial charge in [0.15, 0.2) is 0 Å². The van der Waals surface area contributed by atoms with Gasteiger partial charge in [-0.3, -0.25) is 0 Å². The van der Waals surface area contributed by atoms with Gasteiger partial charge in [-0.05, 0) is 53.0 Å². The van der Waals surface area contributed by atoms with Crippen molar-refractivity contribution in [3.05, 3.63) is 59.2 Å². The van der Waals surface area contributed by atoms with E-state index < -0.39 is 0 Å². The summed E-state index contributed by atoms with van der Waals surface area (Å²) < 4.78 is 0. The Bertz CT molecular complexity index is 580. The first kappa shape index (κ1) is 8.58. The molecule has 0 aliphatic heterocycles. The van der Waals surface area contributed by atoms with Crippen LogP contribution in [0.4, 0.5) is 0 Å². The molecule has 2 atom stereocenters. The van der Waals surface area contributed by atoms with E-state index in [0.717, 1.165) is 11.8 Å². The van der Waals surface area contributed by atoms with Crippen LogP contribution in [-0.2, 0) is 0 Å². The molecule has 16 heavy (non-hydrogen) atoms. The van der Waals surface area contributed by atoms with Gasteiger partial charge in [0.1, 0.15) is 0 Å². The van der Waals surface area contributed by atoms with E-state index >= 15 is 0 Å². The second-order valence-corrected chi connectivity index (χ2v) is 5.07. The highest BCUT2D eigenvalue weighted by molar-refractivity contribution is 5.78. The van der Waals surface area contributed by atoms with E-state index in [1.54, 1.807) is 11.1 Å². The standard InChI is InChI=1S/C16H14/c1-10-5-4-8-13-11-6-2-3-7-12(11)14-9-15(14)16(10)13/h2-8,14-15H,9H2,1H3. The van der Waals surface area contributed by atoms with Gasteiger partial charge in [0.25, 0.3) is 0 Å². The fraction of sp³-hybridized carbons (Fsp3) is 0.250. The van der Waals surface area contributed by atoms with Gasteiger partial charge in [-0.25, -0.2) is 0 Å². The van der Waals surface area contributed by atoms with Crippen LogP contribution in [0.5, 0.6) is 0 Å². The Morgan fingerprint density at radius 3 is 2.62 bits per heavy atom. The fourth-order valence-corrected chi connectivity index (χ4v) is 3.33. The molecular weight excluding hydrogens is 192 g/mol. The molecule has 78 valence electrons. The molecule has 0 heteroatoms. The zero-order valence-electron chi connectivity index (χ0n) is 9.40. The Hall–Kier alpha value is -1.56. The Morgan fingerprint density at radius 2 is 1.69 bits per heavy atom. The smallest absolute Gasteiger partial charge is 0.00778 e. The van der Waals surface area contributed by atoms with Crippen molar-refractivity contribution in [2.24, 2.45) is 0 Å². The fourth-order valence-electron chi connectivity index (χ4n) is 3.33. The molecule has 2 aromatic carbocycles. The second-order valence-electron chi connectivity index (χ2n) is 5.07. The lowest BCUT2D eigenvalue weighted by Crippen LogP contribution is -2.00. The third kappa shape index (κ3) is 0.948. The van der Waals surface area contributed by atoms with E-state index in [-0.39, 0.29) is 0 Å². The van der Waals surface area contributed by atoms with E-state index in [0.29, 0.717) is 0 Å². The van der Waals surface area contributed by atoms with Crippen LogP contribution in [0.25, 0.3) is 11.1 Å². The molecule has 0 aromatic heterocycles. The van der Waals surface area contributed by atoms with E-state index in [1.807, 2.05) is 0 Å². The topological polar surface area (TPSA) is 0 Å². The Kier molecular flexibility index (Phi) is 1.48. The number of rotatable bonds is 0. The monoisotopic (exact) mass is 206 g/mol. The maximum atomic E-state index is 2.31. The normalized spacial score (nSPS) is 24.3. The molecule has 0 N–H and O–H groups in total. The molecule has 2 aliphatic rings. The van der Waals surface area contributed by atoms with Gasteiger partial charge in [0.05, 0.1) is 0 Å². The third-order valence-electron chi connectivity index (χ3n) is 4.14. The minimum atomic E-state index is 0.810. The van der Waals surface area contributed by atoms with Gasteiger partial charge < -0.3 is 0 Å². The number of hydrogen-bond donors (Lipinski definition) is 0. The average molecular weight is 206 g/mol. The van der Waals surface area contributed by atoms with E-state index in [4.69, 9.17) is 0 Å². The second kappa shape index (κ2) is 2.76. The Morgan fingerprint density at radius 1 is 0.875 bits per heavy atom. The summed E-state index contributed by atoms with van der Waals surface area (Å²) in [5.74, 6) is 1.62. The predicted octanol–water partition coefficient (Wildman–Crippen LogP) is 4.25. The van der Waals surface area contributed by atoms with Crippen LogP contribution in [-0.4, -0.2) is 0 Å². The molecule has 2 unspecified atom stereocenters. The van der Waals surface area contributed by atoms with Crippen LogP contribution in [0.1, 0.15) is 34.9 Å². The van der Waals surface area contributed by atoms with Gasteiger partial charge in [-0.2, -0.15) is 0 Å². The molecule has 0 bridgehead atoms. The number of fused-ring (bicyclic) bond motifs is 6. The lowest BCUT2D eigenvalue weighted by molar-refractivity contribution is 0.991. The summed E-state index contributed by atoms with van der Waals surface area (Å²) in [6.07, 6.45) is 1.36. The number of benzene rings is 2. The molecule has 1 saturated carbocycles. The lowest BCUT2D eigenvalue weighted by atomic mass is 9.84. The van der Waals surface area contributed by atoms with Gasteiger partial charge in [0, 0.05) is 0 Å². The average Bonchev–Trinajstić information content (AvgIpc) is 3.09. The maximum Gasteiger partial charge on any atom is -0.00778 e. The molecule has 0 saturated heterocycles. The Labute approximate surface area is 95.9 Å². The summed E-state index contributed by atoms with van der Waals surface area (Å²) in [7, 11) is 0. The first-order valence-corrected chi connectivity index (χ1v) is 6.05. The minimum Gasteiger partial charge on any atom is -0.0619 e. The maximum absolute atomic E-state index is 2.31. The summed E-state index contributed by atoms with van der Waals surface area (Å²) in [5.41, 5.74) is 7.62. The number of hydrogen-bond acceptors (Lipinski definition) is 0. The molecule has 4 rings (SSSR count). The SMILES string of the molecule is Cc1cccc2c1C1CC1c1ccccc1-2. The summed E-state index contributed by atoms with van der Waals surface area (Å²) in [4.78, 5) is 0. The van der Waals surface area contributed by atoms with E-state index in [1.165, 1.54) is 23.1 Å². The minimum absolute atomic E-state index is 0.810. The summed E-state index contributed by atoms with van der Waals surface area (Å²) in [6.45, 7) is 2.25. The molecule has 0 nitrogen and oxygen atoms in total. The molecular formula is C16H14. The van der Waals surface area contributed by atoms with Crippen molar-refractivity contribution in [2.75, 3.05) is 0 Å². The predicted molar refractivity (Wildman–Crippen MR) is 66.7 cm³/mol. The van der Waals surface area contributed by atoms with Crippen LogP contribution in [0.2, 0.25) is 0 Å². The van der Waals surface area contributed by atoms with Gasteiger partial charge in [-0.15, -0.1) is 0 Å². The number of aryl methyl sites for hydroxylation is 1. The molecule has 2 aromatic rings. The van der Waals surface area contributed by atoms with Crippen LogP contribution in [0.15, 0.2) is 42.5 Å². The van der Waals surface area contributed by atoms with E-state index in [2.05, 4.69) is 49.4 Å². The van der Waals surface area contributed by atoms with Crippen LogP contribution >= 0.6 is 0 Å². The molecule has 1 fully saturated rings. The van der Waals surface area contributed by atoms with E-state index in [9.17, 15) is 0 Å². The molecule has 2 aliphatic carbocycles. The molecule has 0 amide bonds. The van der Waals surface area contributed by atoms with Crippen molar-refractivity contribution >= 4 is 0 Å². The Balaban J connectivity index is 2.10. The third-order valence-corrected chi connectivity index (χ3v) is 4.14. The van der Waals surface area contributed by atoms with Crippen molar-refractivity contribution in [3.8, 4) is 11.1 Å². The lowest BCUT2D eigenvalue weighted by Gasteiger charge is -2.20. The quantitative estimate of drug-likeness (QED) is 0.604.